The Kier molecular flexibility index (Phi) is 31.0. The van der Waals surface area contributed by atoms with Gasteiger partial charge >= 0.3 is 0 Å². The summed E-state index contributed by atoms with van der Waals surface area (Å²) >= 11 is 0. The van der Waals surface area contributed by atoms with E-state index in [-0.39, 0.29) is 29.7 Å². The lowest BCUT2D eigenvalue weighted by molar-refractivity contribution is 0.0503. The molecule has 0 unspecified atom stereocenters. The molecule has 4 aliphatic heterocycles. The summed E-state index contributed by atoms with van der Waals surface area (Å²) in [7, 11) is 8.68. The van der Waals surface area contributed by atoms with Crippen LogP contribution < -0.4 is 0 Å². The monoisotopic (exact) mass is 463 g/mol. The van der Waals surface area contributed by atoms with E-state index in [1.807, 2.05) is 0 Å². The molecule has 4 fully saturated rings. The Labute approximate surface area is 205 Å². The highest BCUT2D eigenvalue weighted by Gasteiger charge is 2.10. The topological polar surface area (TPSA) is 22.2 Å². The van der Waals surface area contributed by atoms with Crippen molar-refractivity contribution in [2.24, 2.45) is 5.92 Å². The third-order valence-corrected chi connectivity index (χ3v) is 6.15. The van der Waals surface area contributed by atoms with E-state index in [9.17, 15) is 0 Å². The minimum Gasteiger partial charge on any atom is -0.379 e. The fourth-order valence-electron chi connectivity index (χ4n) is 3.72. The summed E-state index contributed by atoms with van der Waals surface area (Å²) in [6.07, 6.45) is 9.90. The molecule has 32 heavy (non-hydrogen) atoms. The van der Waals surface area contributed by atoms with Crippen LogP contribution >= 0.6 is 0 Å². The van der Waals surface area contributed by atoms with Gasteiger partial charge in [-0.15, -0.1) is 0 Å². The van der Waals surface area contributed by atoms with Gasteiger partial charge in [0.05, 0.1) is 13.2 Å². The van der Waals surface area contributed by atoms with Crippen LogP contribution in [0, 0.1) is 5.92 Å². The molecule has 4 aliphatic rings. The molecule has 0 aromatic rings. The van der Waals surface area contributed by atoms with Gasteiger partial charge in [0.2, 0.25) is 0 Å². The maximum Gasteiger partial charge on any atom is 0.0594 e. The summed E-state index contributed by atoms with van der Waals surface area (Å²) < 4.78 is 5.10. The molecule has 0 amide bonds. The Bertz CT molecular complexity index is 305. The third kappa shape index (κ3) is 23.0. The van der Waals surface area contributed by atoms with Crippen LogP contribution in [0.2, 0.25) is 0 Å². The molecule has 5 nitrogen and oxygen atoms in total. The highest BCUT2D eigenvalue weighted by molar-refractivity contribution is 4.65. The van der Waals surface area contributed by atoms with E-state index in [2.05, 4.69) is 54.7 Å². The summed E-state index contributed by atoms with van der Waals surface area (Å²) in [6.45, 7) is 14.3. The Balaban J connectivity index is -0.000000157. The standard InChI is InChI=1S/C7H15N.C6H13N.C5H11NO.C5H11N.4CH4/c1-7-3-5-8(2)6-4-7;1-7-5-3-2-4-6-7;1-6-2-4-7-5-3-6;1-6-4-2-3-5-6;;;;/h7H,3-6H2,1-2H3;2-6H2,1H3;2-5H2,1H3;2-5H2,1H3;4*1H4. The molecule has 0 bridgehead atoms. The average Bonchev–Trinajstić information content (AvgIpc) is 3.18. The zero-order chi connectivity index (χ0) is 20.6. The van der Waals surface area contributed by atoms with E-state index in [0.717, 1.165) is 32.2 Å². The predicted octanol–water partition coefficient (Wildman–Crippen LogP) is 5.66. The molecule has 4 heterocycles. The van der Waals surface area contributed by atoms with Gasteiger partial charge in [-0.3, -0.25) is 0 Å². The fraction of sp³-hybridized carbons (Fsp3) is 1.00. The zero-order valence-electron chi connectivity index (χ0n) is 19.8. The number of morpholine rings is 1. The van der Waals surface area contributed by atoms with Gasteiger partial charge in [-0.1, -0.05) is 43.1 Å². The maximum absolute atomic E-state index is 5.10. The second kappa shape index (κ2) is 25.4. The number of likely N-dealkylation sites (N-methyl/N-ethyl adjacent to an activating group) is 1. The van der Waals surface area contributed by atoms with Crippen LogP contribution in [0.4, 0.5) is 0 Å². The SMILES string of the molecule is C.C.C.C.CC1CCN(C)CC1.CN1CCCC1.CN1CCCCC1.CN1CCOCC1. The Morgan fingerprint density at radius 3 is 1.00 bits per heavy atom. The Morgan fingerprint density at radius 2 is 0.781 bits per heavy atom. The minimum atomic E-state index is 0. The highest BCUT2D eigenvalue weighted by Crippen LogP contribution is 2.13. The van der Waals surface area contributed by atoms with Crippen molar-refractivity contribution < 1.29 is 4.74 Å². The molecule has 4 rings (SSSR count). The van der Waals surface area contributed by atoms with Crippen molar-refractivity contribution in [3.8, 4) is 0 Å². The van der Waals surface area contributed by atoms with E-state index < -0.39 is 0 Å². The molecular weight excluding hydrogens is 396 g/mol. The van der Waals surface area contributed by atoms with Gasteiger partial charge in [-0.25, -0.2) is 0 Å². The molecule has 0 aromatic heterocycles. The van der Waals surface area contributed by atoms with Crippen LogP contribution in [-0.4, -0.2) is 113 Å². The summed E-state index contributed by atoms with van der Waals surface area (Å²) in [6, 6.07) is 0. The quantitative estimate of drug-likeness (QED) is 0.462. The lowest BCUT2D eigenvalue weighted by Crippen LogP contribution is -2.32. The molecular formula is C27H66N4O. The normalized spacial score (nSPS) is 22.4. The van der Waals surface area contributed by atoms with Crippen molar-refractivity contribution in [3.63, 3.8) is 0 Å². The number of hydrogen-bond acceptors (Lipinski definition) is 5. The molecule has 0 spiro atoms. The smallest absolute Gasteiger partial charge is 0.0594 e. The minimum absolute atomic E-state index is 0. The van der Waals surface area contributed by atoms with E-state index in [1.54, 1.807) is 0 Å². The summed E-state index contributed by atoms with van der Waals surface area (Å²) in [5.74, 6) is 0.978. The van der Waals surface area contributed by atoms with Crippen LogP contribution in [0.5, 0.6) is 0 Å². The van der Waals surface area contributed by atoms with Gasteiger partial charge in [0.1, 0.15) is 0 Å². The van der Waals surface area contributed by atoms with Crippen LogP contribution in [0.15, 0.2) is 0 Å². The molecule has 0 aliphatic carbocycles. The van der Waals surface area contributed by atoms with Gasteiger partial charge in [0, 0.05) is 13.1 Å². The van der Waals surface area contributed by atoms with Crippen molar-refractivity contribution in [3.05, 3.63) is 0 Å². The Hall–Kier alpha value is -0.200. The number of hydrogen-bond donors (Lipinski definition) is 0. The first-order chi connectivity index (χ1) is 13.5. The van der Waals surface area contributed by atoms with Crippen molar-refractivity contribution in [2.45, 2.75) is 81.6 Å². The second-order valence-corrected chi connectivity index (χ2v) is 9.28. The fourth-order valence-corrected chi connectivity index (χ4v) is 3.72. The van der Waals surface area contributed by atoms with Gasteiger partial charge in [0.25, 0.3) is 0 Å². The lowest BCUT2D eigenvalue weighted by atomic mass is 10.00. The highest BCUT2D eigenvalue weighted by atomic mass is 16.5. The number of piperidine rings is 2. The van der Waals surface area contributed by atoms with Crippen molar-refractivity contribution in [1.29, 1.82) is 0 Å². The summed E-state index contributed by atoms with van der Waals surface area (Å²) in [4.78, 5) is 9.42. The zero-order valence-corrected chi connectivity index (χ0v) is 19.8. The van der Waals surface area contributed by atoms with Gasteiger partial charge in [-0.2, -0.15) is 0 Å². The predicted molar refractivity (Wildman–Crippen MR) is 149 cm³/mol. The van der Waals surface area contributed by atoms with Gasteiger partial charge in [-0.05, 0) is 112 Å². The lowest BCUT2D eigenvalue weighted by Gasteiger charge is -2.26. The summed E-state index contributed by atoms with van der Waals surface area (Å²) in [5, 5.41) is 0. The largest absolute Gasteiger partial charge is 0.379 e. The number of rotatable bonds is 0. The first kappa shape index (κ1) is 39.0. The number of nitrogens with zero attached hydrogens (tertiary/aromatic N) is 4. The second-order valence-electron chi connectivity index (χ2n) is 9.28. The maximum atomic E-state index is 5.10. The molecule has 0 radical (unpaired) electrons. The molecule has 0 atom stereocenters. The van der Waals surface area contributed by atoms with E-state index in [0.29, 0.717) is 0 Å². The van der Waals surface area contributed by atoms with Gasteiger partial charge in [0.15, 0.2) is 0 Å². The van der Waals surface area contributed by atoms with Crippen LogP contribution in [-0.2, 0) is 4.74 Å². The van der Waals surface area contributed by atoms with Crippen LogP contribution in [0.1, 0.15) is 81.6 Å². The first-order valence-electron chi connectivity index (χ1n) is 11.8. The molecule has 0 aromatic carbocycles. The first-order valence-corrected chi connectivity index (χ1v) is 11.8. The van der Waals surface area contributed by atoms with E-state index in [4.69, 9.17) is 4.74 Å². The molecule has 0 saturated carbocycles. The van der Waals surface area contributed by atoms with Crippen molar-refractivity contribution >= 4 is 0 Å². The number of likely N-dealkylation sites (tertiary alicyclic amines) is 3. The molecule has 5 heteroatoms. The summed E-state index contributed by atoms with van der Waals surface area (Å²) in [5.41, 5.74) is 0. The van der Waals surface area contributed by atoms with E-state index in [1.165, 1.54) is 84.2 Å². The molecule has 4 saturated heterocycles. The number of ether oxygens (including phenoxy) is 1. The van der Waals surface area contributed by atoms with Crippen molar-refractivity contribution in [1.82, 2.24) is 19.6 Å². The van der Waals surface area contributed by atoms with E-state index >= 15 is 0 Å². The Morgan fingerprint density at radius 1 is 0.469 bits per heavy atom. The van der Waals surface area contributed by atoms with Crippen LogP contribution in [0.3, 0.4) is 0 Å². The van der Waals surface area contributed by atoms with Crippen LogP contribution in [0.25, 0.3) is 0 Å². The third-order valence-electron chi connectivity index (χ3n) is 6.15. The van der Waals surface area contributed by atoms with Gasteiger partial charge < -0.3 is 24.3 Å². The molecule has 0 N–H and O–H groups in total. The average molecular weight is 463 g/mol. The molecule has 200 valence electrons. The van der Waals surface area contributed by atoms with Crippen molar-refractivity contribution in [2.75, 3.05) is 93.8 Å².